The first-order valence-electron chi connectivity index (χ1n) is 8.72. The van der Waals surface area contributed by atoms with Crippen LogP contribution in [0.3, 0.4) is 0 Å². The van der Waals surface area contributed by atoms with Crippen LogP contribution < -0.4 is 19.7 Å². The molecular formula is C20H20FN5O3. The van der Waals surface area contributed by atoms with Crippen LogP contribution in [-0.4, -0.2) is 42.1 Å². The number of hydrogen-bond donors (Lipinski definition) is 1. The summed E-state index contributed by atoms with van der Waals surface area (Å²) >= 11 is 0. The van der Waals surface area contributed by atoms with Crippen molar-refractivity contribution in [3.05, 3.63) is 65.7 Å². The maximum absolute atomic E-state index is 13.0. The summed E-state index contributed by atoms with van der Waals surface area (Å²) in [4.78, 5) is 26.8. The number of methoxy groups -OCH3 is 1. The molecule has 1 amide bonds. The maximum atomic E-state index is 13.0. The molecule has 0 fully saturated rings. The third kappa shape index (κ3) is 5.38. The molecule has 3 rings (SSSR count). The third-order valence-electron chi connectivity index (χ3n) is 3.78. The van der Waals surface area contributed by atoms with E-state index in [4.69, 9.17) is 9.47 Å². The van der Waals surface area contributed by atoms with E-state index in [9.17, 15) is 9.18 Å². The average molecular weight is 397 g/mol. The van der Waals surface area contributed by atoms with E-state index in [1.807, 2.05) is 0 Å². The molecule has 0 aliphatic rings. The summed E-state index contributed by atoms with van der Waals surface area (Å²) < 4.78 is 23.7. The number of nitrogens with zero attached hydrogens (tertiary/aromatic N) is 4. The predicted molar refractivity (Wildman–Crippen MR) is 105 cm³/mol. The van der Waals surface area contributed by atoms with Crippen molar-refractivity contribution in [3.8, 4) is 17.5 Å². The lowest BCUT2D eigenvalue weighted by atomic mass is 10.2. The van der Waals surface area contributed by atoms with Crippen LogP contribution in [0, 0.1) is 5.82 Å². The standard InChI is InChI=1S/C20H20FN5O3/c1-26(2)19-23-17(24-20(25-19)28-3)12-22-18(27)13-5-4-6-16(11-13)29-15-9-7-14(21)8-10-15/h4-11H,12H2,1-3H3,(H,22,27). The van der Waals surface area contributed by atoms with Crippen molar-refractivity contribution in [2.45, 2.75) is 6.54 Å². The summed E-state index contributed by atoms with van der Waals surface area (Å²) in [5, 5.41) is 2.76. The van der Waals surface area contributed by atoms with Crippen LogP contribution in [0.15, 0.2) is 48.5 Å². The number of halogens is 1. The Morgan fingerprint density at radius 3 is 2.52 bits per heavy atom. The van der Waals surface area contributed by atoms with Crippen molar-refractivity contribution in [2.75, 3.05) is 26.1 Å². The van der Waals surface area contributed by atoms with E-state index in [-0.39, 0.29) is 24.3 Å². The topological polar surface area (TPSA) is 89.5 Å². The maximum Gasteiger partial charge on any atom is 0.321 e. The molecule has 0 spiro atoms. The SMILES string of the molecule is COc1nc(CNC(=O)c2cccc(Oc3ccc(F)cc3)c2)nc(N(C)C)n1. The highest BCUT2D eigenvalue weighted by Gasteiger charge is 2.12. The predicted octanol–water partition coefficient (Wildman–Crippen LogP) is 2.81. The van der Waals surface area contributed by atoms with Crippen molar-refractivity contribution in [1.82, 2.24) is 20.3 Å². The summed E-state index contributed by atoms with van der Waals surface area (Å²) in [6, 6.07) is 12.5. The molecule has 1 heterocycles. The average Bonchev–Trinajstić information content (AvgIpc) is 2.73. The van der Waals surface area contributed by atoms with Crippen molar-refractivity contribution >= 4 is 11.9 Å². The molecule has 0 bridgehead atoms. The highest BCUT2D eigenvalue weighted by atomic mass is 19.1. The first-order chi connectivity index (χ1) is 13.9. The summed E-state index contributed by atoms with van der Waals surface area (Å²) in [6.45, 7) is 0.0988. The minimum absolute atomic E-state index is 0.0988. The van der Waals surface area contributed by atoms with Gasteiger partial charge in [-0.1, -0.05) is 6.07 Å². The second-order valence-corrected chi connectivity index (χ2v) is 6.20. The van der Waals surface area contributed by atoms with E-state index in [1.54, 1.807) is 43.3 Å². The molecular weight excluding hydrogens is 377 g/mol. The van der Waals surface area contributed by atoms with Gasteiger partial charge in [0.1, 0.15) is 17.3 Å². The zero-order valence-corrected chi connectivity index (χ0v) is 16.2. The van der Waals surface area contributed by atoms with Gasteiger partial charge in [0.05, 0.1) is 13.7 Å². The molecule has 0 aliphatic carbocycles. The molecule has 0 unspecified atom stereocenters. The number of anilines is 1. The van der Waals surface area contributed by atoms with Gasteiger partial charge in [-0.3, -0.25) is 4.79 Å². The van der Waals surface area contributed by atoms with E-state index >= 15 is 0 Å². The van der Waals surface area contributed by atoms with Crippen LogP contribution in [0.4, 0.5) is 10.3 Å². The Kier molecular flexibility index (Phi) is 6.18. The van der Waals surface area contributed by atoms with Crippen molar-refractivity contribution in [1.29, 1.82) is 0 Å². The molecule has 8 nitrogen and oxygen atoms in total. The minimum atomic E-state index is -0.349. The van der Waals surface area contributed by atoms with Crippen LogP contribution in [-0.2, 0) is 6.54 Å². The second kappa shape index (κ2) is 8.96. The largest absolute Gasteiger partial charge is 0.467 e. The fourth-order valence-corrected chi connectivity index (χ4v) is 2.36. The Morgan fingerprint density at radius 1 is 1.07 bits per heavy atom. The summed E-state index contributed by atoms with van der Waals surface area (Å²) in [5.74, 6) is 1.06. The van der Waals surface area contributed by atoms with Gasteiger partial charge >= 0.3 is 6.01 Å². The lowest BCUT2D eigenvalue weighted by molar-refractivity contribution is 0.0949. The van der Waals surface area contributed by atoms with E-state index in [0.717, 1.165) is 0 Å². The molecule has 0 saturated carbocycles. The van der Waals surface area contributed by atoms with Gasteiger partial charge in [0.25, 0.3) is 5.91 Å². The number of hydrogen-bond acceptors (Lipinski definition) is 7. The lowest BCUT2D eigenvalue weighted by Crippen LogP contribution is -2.25. The van der Waals surface area contributed by atoms with Gasteiger partial charge in [-0.05, 0) is 42.5 Å². The van der Waals surface area contributed by atoms with Crippen LogP contribution in [0.25, 0.3) is 0 Å². The Bertz CT molecular complexity index is 996. The number of carbonyl (C=O) groups is 1. The fourth-order valence-electron chi connectivity index (χ4n) is 2.36. The fraction of sp³-hybridized carbons (Fsp3) is 0.200. The van der Waals surface area contributed by atoms with Crippen LogP contribution in [0.5, 0.6) is 17.5 Å². The zero-order valence-electron chi connectivity index (χ0n) is 16.2. The third-order valence-corrected chi connectivity index (χ3v) is 3.78. The zero-order chi connectivity index (χ0) is 20.8. The second-order valence-electron chi connectivity index (χ2n) is 6.20. The molecule has 0 saturated heterocycles. The number of carbonyl (C=O) groups excluding carboxylic acids is 1. The van der Waals surface area contributed by atoms with Gasteiger partial charge in [0, 0.05) is 19.7 Å². The summed E-state index contributed by atoms with van der Waals surface area (Å²) in [5.41, 5.74) is 0.401. The van der Waals surface area contributed by atoms with Gasteiger partial charge in [0.15, 0.2) is 5.82 Å². The van der Waals surface area contributed by atoms with E-state index in [0.29, 0.717) is 28.8 Å². The van der Waals surface area contributed by atoms with Gasteiger partial charge in [-0.25, -0.2) is 4.39 Å². The number of nitrogens with one attached hydrogen (secondary N) is 1. The molecule has 150 valence electrons. The number of benzene rings is 2. The van der Waals surface area contributed by atoms with Crippen molar-refractivity contribution in [3.63, 3.8) is 0 Å². The monoisotopic (exact) mass is 397 g/mol. The van der Waals surface area contributed by atoms with Gasteiger partial charge < -0.3 is 19.7 Å². The molecule has 0 aliphatic heterocycles. The van der Waals surface area contributed by atoms with E-state index in [2.05, 4.69) is 20.3 Å². The molecule has 1 aromatic heterocycles. The molecule has 2 aromatic carbocycles. The first kappa shape index (κ1) is 20.0. The molecule has 29 heavy (non-hydrogen) atoms. The summed E-state index contributed by atoms with van der Waals surface area (Å²) in [7, 11) is 5.05. The Hall–Kier alpha value is -3.75. The van der Waals surface area contributed by atoms with Gasteiger partial charge in [-0.15, -0.1) is 0 Å². The number of amides is 1. The van der Waals surface area contributed by atoms with Gasteiger partial charge in [0.2, 0.25) is 5.95 Å². The highest BCUT2D eigenvalue weighted by Crippen LogP contribution is 2.22. The first-order valence-corrected chi connectivity index (χ1v) is 8.72. The number of ether oxygens (including phenoxy) is 2. The van der Waals surface area contributed by atoms with Crippen LogP contribution >= 0.6 is 0 Å². The summed E-state index contributed by atoms with van der Waals surface area (Å²) in [6.07, 6.45) is 0. The van der Waals surface area contributed by atoms with E-state index in [1.165, 1.54) is 31.4 Å². The quantitative estimate of drug-likeness (QED) is 0.656. The number of aromatic nitrogens is 3. The molecule has 0 radical (unpaired) electrons. The lowest BCUT2D eigenvalue weighted by Gasteiger charge is -2.12. The Morgan fingerprint density at radius 2 is 1.83 bits per heavy atom. The van der Waals surface area contributed by atoms with Crippen molar-refractivity contribution < 1.29 is 18.7 Å². The Balaban J connectivity index is 1.68. The smallest absolute Gasteiger partial charge is 0.321 e. The normalized spacial score (nSPS) is 10.3. The molecule has 0 atom stereocenters. The molecule has 3 aromatic rings. The Labute approximate surface area is 167 Å². The number of rotatable bonds is 7. The molecule has 1 N–H and O–H groups in total. The van der Waals surface area contributed by atoms with Crippen LogP contribution in [0.2, 0.25) is 0 Å². The van der Waals surface area contributed by atoms with Crippen molar-refractivity contribution in [2.24, 2.45) is 0 Å². The molecule has 9 heteroatoms. The van der Waals surface area contributed by atoms with E-state index < -0.39 is 0 Å². The van der Waals surface area contributed by atoms with Crippen LogP contribution in [0.1, 0.15) is 16.2 Å². The van der Waals surface area contributed by atoms with Gasteiger partial charge in [-0.2, -0.15) is 15.0 Å². The highest BCUT2D eigenvalue weighted by molar-refractivity contribution is 5.94. The minimum Gasteiger partial charge on any atom is -0.467 e.